The highest BCUT2D eigenvalue weighted by atomic mass is 16.5. The molecule has 0 spiro atoms. The Labute approximate surface area is 134 Å². The Morgan fingerprint density at radius 3 is 3.00 bits per heavy atom. The first-order chi connectivity index (χ1) is 11.1. The lowest BCUT2D eigenvalue weighted by molar-refractivity contribution is -0.122. The summed E-state index contributed by atoms with van der Waals surface area (Å²) in [6, 6.07) is 4.89. The molecule has 6 heteroatoms. The van der Waals surface area contributed by atoms with Gasteiger partial charge in [-0.15, -0.1) is 0 Å². The second-order valence-corrected chi connectivity index (χ2v) is 5.73. The summed E-state index contributed by atoms with van der Waals surface area (Å²) in [5, 5.41) is 6.42. The highest BCUT2D eigenvalue weighted by Crippen LogP contribution is 2.28. The molecule has 2 amide bonds. The molecule has 1 aliphatic rings. The first kappa shape index (κ1) is 15.4. The first-order valence-electron chi connectivity index (χ1n) is 7.76. The van der Waals surface area contributed by atoms with Crippen molar-refractivity contribution >= 4 is 22.8 Å². The molecule has 1 unspecified atom stereocenters. The van der Waals surface area contributed by atoms with Crippen LogP contribution in [0.2, 0.25) is 0 Å². The number of furan rings is 1. The minimum Gasteiger partial charge on any atom is -0.497 e. The lowest BCUT2D eigenvalue weighted by Crippen LogP contribution is -2.45. The van der Waals surface area contributed by atoms with E-state index in [9.17, 15) is 9.59 Å². The topological polar surface area (TPSA) is 80.6 Å². The van der Waals surface area contributed by atoms with Gasteiger partial charge in [0.1, 0.15) is 17.4 Å². The summed E-state index contributed by atoms with van der Waals surface area (Å²) in [5.41, 5.74) is 1.36. The van der Waals surface area contributed by atoms with Crippen LogP contribution >= 0.6 is 0 Å². The van der Waals surface area contributed by atoms with Gasteiger partial charge >= 0.3 is 0 Å². The Morgan fingerprint density at radius 1 is 1.39 bits per heavy atom. The summed E-state index contributed by atoms with van der Waals surface area (Å²) < 4.78 is 10.9. The van der Waals surface area contributed by atoms with Crippen LogP contribution in [0.4, 0.5) is 0 Å². The van der Waals surface area contributed by atoms with Gasteiger partial charge in [0.05, 0.1) is 7.11 Å². The monoisotopic (exact) mass is 316 g/mol. The Morgan fingerprint density at radius 2 is 2.22 bits per heavy atom. The average molecular weight is 316 g/mol. The SMILES string of the molecule is COc1ccc2oc(C(=O)NC3CCCCNC3=O)c(C)c2c1. The maximum atomic E-state index is 12.5. The van der Waals surface area contributed by atoms with Gasteiger partial charge < -0.3 is 19.8 Å². The molecule has 1 aromatic carbocycles. The van der Waals surface area contributed by atoms with E-state index in [0.717, 1.165) is 23.8 Å². The molecular formula is C17H20N2O4. The van der Waals surface area contributed by atoms with Crippen molar-refractivity contribution in [3.8, 4) is 5.75 Å². The van der Waals surface area contributed by atoms with Crippen molar-refractivity contribution in [3.05, 3.63) is 29.5 Å². The molecule has 1 aromatic heterocycles. The molecule has 0 bridgehead atoms. The minimum absolute atomic E-state index is 0.133. The van der Waals surface area contributed by atoms with E-state index in [2.05, 4.69) is 10.6 Å². The van der Waals surface area contributed by atoms with E-state index >= 15 is 0 Å². The Balaban J connectivity index is 1.85. The Bertz CT molecular complexity index is 750. The van der Waals surface area contributed by atoms with E-state index in [4.69, 9.17) is 9.15 Å². The second-order valence-electron chi connectivity index (χ2n) is 5.73. The predicted octanol–water partition coefficient (Wildman–Crippen LogP) is 2.15. The predicted molar refractivity (Wildman–Crippen MR) is 85.6 cm³/mol. The Kier molecular flexibility index (Phi) is 4.23. The second kappa shape index (κ2) is 6.32. The zero-order chi connectivity index (χ0) is 16.4. The number of benzene rings is 1. The van der Waals surface area contributed by atoms with E-state index in [1.807, 2.05) is 13.0 Å². The molecule has 2 aromatic rings. The van der Waals surface area contributed by atoms with Crippen molar-refractivity contribution in [2.75, 3.05) is 13.7 Å². The van der Waals surface area contributed by atoms with Crippen LogP contribution in [-0.2, 0) is 4.79 Å². The van der Waals surface area contributed by atoms with E-state index in [0.29, 0.717) is 24.3 Å². The number of rotatable bonds is 3. The van der Waals surface area contributed by atoms with E-state index < -0.39 is 6.04 Å². The maximum absolute atomic E-state index is 12.5. The summed E-state index contributed by atoms with van der Waals surface area (Å²) in [7, 11) is 1.59. The molecule has 1 saturated heterocycles. The van der Waals surface area contributed by atoms with Gasteiger partial charge in [-0.05, 0) is 44.4 Å². The fourth-order valence-corrected chi connectivity index (χ4v) is 2.84. The highest BCUT2D eigenvalue weighted by molar-refractivity contribution is 6.01. The third-order valence-electron chi connectivity index (χ3n) is 4.19. The van der Waals surface area contributed by atoms with Crippen LogP contribution in [-0.4, -0.2) is 31.5 Å². The van der Waals surface area contributed by atoms with Gasteiger partial charge in [-0.25, -0.2) is 0 Å². The van der Waals surface area contributed by atoms with Gasteiger partial charge in [-0.3, -0.25) is 9.59 Å². The molecule has 0 saturated carbocycles. The first-order valence-corrected chi connectivity index (χ1v) is 7.76. The van der Waals surface area contributed by atoms with Gasteiger partial charge in [0.25, 0.3) is 5.91 Å². The molecule has 2 heterocycles. The van der Waals surface area contributed by atoms with Gasteiger partial charge in [-0.2, -0.15) is 0 Å². The quantitative estimate of drug-likeness (QED) is 0.909. The number of ether oxygens (including phenoxy) is 1. The van der Waals surface area contributed by atoms with Crippen molar-refractivity contribution < 1.29 is 18.7 Å². The number of amides is 2. The maximum Gasteiger partial charge on any atom is 0.287 e. The lowest BCUT2D eigenvalue weighted by atomic mass is 10.1. The van der Waals surface area contributed by atoms with Crippen LogP contribution < -0.4 is 15.4 Å². The number of aryl methyl sites for hydroxylation is 1. The van der Waals surface area contributed by atoms with Crippen molar-refractivity contribution in [2.45, 2.75) is 32.2 Å². The molecule has 1 atom stereocenters. The van der Waals surface area contributed by atoms with Crippen LogP contribution in [0.1, 0.15) is 35.4 Å². The van der Waals surface area contributed by atoms with Gasteiger partial charge in [-0.1, -0.05) is 0 Å². The summed E-state index contributed by atoms with van der Waals surface area (Å²) in [5.74, 6) is 0.452. The van der Waals surface area contributed by atoms with Gasteiger partial charge in [0.2, 0.25) is 5.91 Å². The largest absolute Gasteiger partial charge is 0.497 e. The van der Waals surface area contributed by atoms with Crippen LogP contribution in [0, 0.1) is 6.92 Å². The molecule has 1 aliphatic heterocycles. The minimum atomic E-state index is -0.507. The normalized spacial score (nSPS) is 18.3. The number of carbonyl (C=O) groups excluding carboxylic acids is 2. The third-order valence-corrected chi connectivity index (χ3v) is 4.19. The number of nitrogens with one attached hydrogen (secondary N) is 2. The standard InChI is InChI=1S/C17H20N2O4/c1-10-12-9-11(22-2)6-7-14(12)23-15(10)17(21)19-13-5-3-4-8-18-16(13)20/h6-7,9,13H,3-5,8H2,1-2H3,(H,18,20)(H,19,21). The summed E-state index contributed by atoms with van der Waals surface area (Å²) in [6.07, 6.45) is 2.48. The van der Waals surface area contributed by atoms with E-state index in [1.54, 1.807) is 19.2 Å². The van der Waals surface area contributed by atoms with Crippen molar-refractivity contribution in [1.29, 1.82) is 0 Å². The van der Waals surface area contributed by atoms with Crippen molar-refractivity contribution in [2.24, 2.45) is 0 Å². The molecule has 1 fully saturated rings. The van der Waals surface area contributed by atoms with Gasteiger partial charge in [0, 0.05) is 17.5 Å². The molecule has 2 N–H and O–H groups in total. The molecule has 122 valence electrons. The smallest absolute Gasteiger partial charge is 0.287 e. The van der Waals surface area contributed by atoms with Gasteiger partial charge in [0.15, 0.2) is 5.76 Å². The third kappa shape index (κ3) is 3.02. The molecular weight excluding hydrogens is 296 g/mol. The molecule has 0 aliphatic carbocycles. The van der Waals surface area contributed by atoms with E-state index in [-0.39, 0.29) is 17.6 Å². The number of fused-ring (bicyclic) bond motifs is 1. The number of methoxy groups -OCH3 is 1. The van der Waals surface area contributed by atoms with E-state index in [1.165, 1.54) is 0 Å². The molecule has 23 heavy (non-hydrogen) atoms. The highest BCUT2D eigenvalue weighted by Gasteiger charge is 2.26. The zero-order valence-corrected chi connectivity index (χ0v) is 13.3. The number of hydrogen-bond acceptors (Lipinski definition) is 4. The van der Waals surface area contributed by atoms with Crippen LogP contribution in [0.5, 0.6) is 5.75 Å². The summed E-state index contributed by atoms with van der Waals surface area (Å²) >= 11 is 0. The zero-order valence-electron chi connectivity index (χ0n) is 13.3. The Hall–Kier alpha value is -2.50. The van der Waals surface area contributed by atoms with Crippen LogP contribution in [0.3, 0.4) is 0 Å². The van der Waals surface area contributed by atoms with Crippen LogP contribution in [0.15, 0.2) is 22.6 Å². The summed E-state index contributed by atoms with van der Waals surface area (Å²) in [4.78, 5) is 24.4. The fraction of sp³-hybridized carbons (Fsp3) is 0.412. The molecule has 0 radical (unpaired) electrons. The van der Waals surface area contributed by atoms with Crippen molar-refractivity contribution in [3.63, 3.8) is 0 Å². The van der Waals surface area contributed by atoms with Crippen molar-refractivity contribution in [1.82, 2.24) is 10.6 Å². The molecule has 6 nitrogen and oxygen atoms in total. The molecule has 3 rings (SSSR count). The number of carbonyl (C=O) groups is 2. The number of hydrogen-bond donors (Lipinski definition) is 2. The average Bonchev–Trinajstić information content (AvgIpc) is 2.75. The summed E-state index contributed by atoms with van der Waals surface area (Å²) in [6.45, 7) is 2.49. The lowest BCUT2D eigenvalue weighted by Gasteiger charge is -2.14. The fourth-order valence-electron chi connectivity index (χ4n) is 2.84. The van der Waals surface area contributed by atoms with Crippen LogP contribution in [0.25, 0.3) is 11.0 Å².